The Morgan fingerprint density at radius 2 is 1.81 bits per heavy atom. The zero-order valence-corrected chi connectivity index (χ0v) is 16.0. The third-order valence-corrected chi connectivity index (χ3v) is 5.41. The second kappa shape index (κ2) is 8.18. The number of rotatable bonds is 6. The molecule has 1 aromatic carbocycles. The van der Waals surface area contributed by atoms with Gasteiger partial charge < -0.3 is 4.42 Å². The van der Waals surface area contributed by atoms with Crippen molar-refractivity contribution in [3.63, 3.8) is 0 Å². The molecule has 9 heteroatoms. The largest absolute Gasteiger partial charge is 0.425 e. The molecular weight excluding hydrogens is 367 g/mol. The zero-order chi connectivity index (χ0) is 18.6. The minimum Gasteiger partial charge on any atom is -0.425 e. The first-order chi connectivity index (χ1) is 13.2. The van der Waals surface area contributed by atoms with Gasteiger partial charge in [0.15, 0.2) is 11.0 Å². The summed E-state index contributed by atoms with van der Waals surface area (Å²) in [5.41, 5.74) is 0.845. The van der Waals surface area contributed by atoms with Gasteiger partial charge in [0.2, 0.25) is 11.8 Å². The van der Waals surface area contributed by atoms with Gasteiger partial charge in [-0.1, -0.05) is 18.2 Å². The smallest absolute Gasteiger partial charge is 0.226 e. The highest BCUT2D eigenvalue weighted by atomic mass is 32.2. The summed E-state index contributed by atoms with van der Waals surface area (Å²) in [5, 5.41) is 17.4. The van der Waals surface area contributed by atoms with E-state index in [4.69, 9.17) is 4.42 Å². The highest BCUT2D eigenvalue weighted by Gasteiger charge is 2.19. The fourth-order valence-corrected chi connectivity index (χ4v) is 3.99. The van der Waals surface area contributed by atoms with Crippen molar-refractivity contribution >= 4 is 11.8 Å². The number of benzene rings is 1. The molecule has 3 aromatic rings. The van der Waals surface area contributed by atoms with Crippen LogP contribution in [0.1, 0.15) is 36.9 Å². The monoisotopic (exact) mass is 388 g/mol. The van der Waals surface area contributed by atoms with Crippen molar-refractivity contribution in [1.29, 1.82) is 0 Å². The predicted octanol–water partition coefficient (Wildman–Crippen LogP) is 3.38. The summed E-state index contributed by atoms with van der Waals surface area (Å²) in [7, 11) is 0. The Bertz CT molecular complexity index is 888. The van der Waals surface area contributed by atoms with Crippen molar-refractivity contribution in [2.75, 3.05) is 13.1 Å². The summed E-state index contributed by atoms with van der Waals surface area (Å²) < 4.78 is 20.8. The number of aromatic nitrogens is 5. The molecule has 0 amide bonds. The molecule has 1 fully saturated rings. The quantitative estimate of drug-likeness (QED) is 0.599. The van der Waals surface area contributed by atoms with Gasteiger partial charge in [-0.25, -0.2) is 4.39 Å². The Morgan fingerprint density at radius 1 is 1.04 bits per heavy atom. The van der Waals surface area contributed by atoms with Crippen LogP contribution in [0.3, 0.4) is 0 Å². The third-order valence-electron chi connectivity index (χ3n) is 4.49. The summed E-state index contributed by atoms with van der Waals surface area (Å²) in [4.78, 5) is 2.39. The second-order valence-electron chi connectivity index (χ2n) is 6.55. The van der Waals surface area contributed by atoms with Crippen molar-refractivity contribution in [1.82, 2.24) is 29.9 Å². The first kappa shape index (κ1) is 18.1. The molecule has 4 rings (SSSR count). The average molecular weight is 388 g/mol. The molecule has 0 radical (unpaired) electrons. The number of thioether (sulfide) groups is 1. The molecule has 142 valence electrons. The van der Waals surface area contributed by atoms with E-state index in [-0.39, 0.29) is 5.82 Å². The van der Waals surface area contributed by atoms with Crippen molar-refractivity contribution in [2.45, 2.75) is 43.6 Å². The standard InChI is InChI=1S/C18H21FN6OS/c1-13-20-22-17(26-13)12-27-18-23-21-16(11-24-9-3-2-4-10-24)25(18)15-7-5-14(19)6-8-15/h5-8H,2-4,9-12H2,1H3. The van der Waals surface area contributed by atoms with Crippen molar-refractivity contribution in [3.05, 3.63) is 47.7 Å². The number of piperidine rings is 1. The van der Waals surface area contributed by atoms with Gasteiger partial charge in [0.05, 0.1) is 12.3 Å². The fraction of sp³-hybridized carbons (Fsp3) is 0.444. The zero-order valence-electron chi connectivity index (χ0n) is 15.1. The minimum absolute atomic E-state index is 0.264. The van der Waals surface area contributed by atoms with Crippen LogP contribution >= 0.6 is 11.8 Å². The van der Waals surface area contributed by atoms with Crippen LogP contribution in [0, 0.1) is 12.7 Å². The van der Waals surface area contributed by atoms with Crippen LogP contribution < -0.4 is 0 Å². The summed E-state index contributed by atoms with van der Waals surface area (Å²) in [6, 6.07) is 6.41. The maximum absolute atomic E-state index is 13.4. The van der Waals surface area contributed by atoms with Gasteiger partial charge in [-0.2, -0.15) is 0 Å². The molecule has 0 bridgehead atoms. The Labute approximate surface area is 161 Å². The molecule has 3 heterocycles. The first-order valence-electron chi connectivity index (χ1n) is 9.03. The predicted molar refractivity (Wildman–Crippen MR) is 99.0 cm³/mol. The van der Waals surface area contributed by atoms with E-state index < -0.39 is 0 Å². The molecule has 0 unspecified atom stereocenters. The molecule has 1 aliphatic heterocycles. The van der Waals surface area contributed by atoms with E-state index in [2.05, 4.69) is 25.3 Å². The van der Waals surface area contributed by atoms with Crippen LogP contribution in [0.25, 0.3) is 5.69 Å². The summed E-state index contributed by atoms with van der Waals surface area (Å²) >= 11 is 1.48. The van der Waals surface area contributed by atoms with Gasteiger partial charge in [0, 0.05) is 12.6 Å². The molecule has 27 heavy (non-hydrogen) atoms. The summed E-state index contributed by atoms with van der Waals surface area (Å²) in [6.07, 6.45) is 3.71. The van der Waals surface area contributed by atoms with E-state index in [1.807, 2.05) is 4.57 Å². The van der Waals surface area contributed by atoms with Gasteiger partial charge >= 0.3 is 0 Å². The van der Waals surface area contributed by atoms with E-state index in [1.165, 1.54) is 43.2 Å². The van der Waals surface area contributed by atoms with Crippen LogP contribution in [-0.2, 0) is 12.3 Å². The number of likely N-dealkylation sites (tertiary alicyclic amines) is 1. The van der Waals surface area contributed by atoms with Crippen LogP contribution in [0.4, 0.5) is 4.39 Å². The minimum atomic E-state index is -0.264. The Balaban J connectivity index is 1.60. The second-order valence-corrected chi connectivity index (χ2v) is 7.49. The average Bonchev–Trinajstić information content (AvgIpc) is 3.28. The molecule has 2 aromatic heterocycles. The Morgan fingerprint density at radius 3 is 2.52 bits per heavy atom. The van der Waals surface area contributed by atoms with Gasteiger partial charge in [-0.15, -0.1) is 20.4 Å². The molecule has 0 aliphatic carbocycles. The highest BCUT2D eigenvalue weighted by Crippen LogP contribution is 2.26. The highest BCUT2D eigenvalue weighted by molar-refractivity contribution is 7.98. The first-order valence-corrected chi connectivity index (χ1v) is 10.0. The van der Waals surface area contributed by atoms with Crippen LogP contribution in [-0.4, -0.2) is 43.0 Å². The van der Waals surface area contributed by atoms with E-state index in [1.54, 1.807) is 19.1 Å². The Hall–Kier alpha value is -2.26. The normalized spacial score (nSPS) is 15.3. The van der Waals surface area contributed by atoms with E-state index >= 15 is 0 Å². The van der Waals surface area contributed by atoms with E-state index in [0.717, 1.165) is 36.3 Å². The fourth-order valence-electron chi connectivity index (χ4n) is 3.19. The van der Waals surface area contributed by atoms with Gasteiger partial charge in [0.25, 0.3) is 0 Å². The molecule has 1 aliphatic rings. The molecule has 1 saturated heterocycles. The lowest BCUT2D eigenvalue weighted by Crippen LogP contribution is -2.30. The van der Waals surface area contributed by atoms with Crippen molar-refractivity contribution in [3.8, 4) is 5.69 Å². The molecule has 0 saturated carbocycles. The number of hydrogen-bond acceptors (Lipinski definition) is 7. The third kappa shape index (κ3) is 4.36. The van der Waals surface area contributed by atoms with Crippen LogP contribution in [0.15, 0.2) is 33.8 Å². The maximum Gasteiger partial charge on any atom is 0.226 e. The van der Waals surface area contributed by atoms with E-state index in [9.17, 15) is 4.39 Å². The van der Waals surface area contributed by atoms with Crippen molar-refractivity contribution in [2.24, 2.45) is 0 Å². The Kier molecular flexibility index (Phi) is 5.49. The van der Waals surface area contributed by atoms with Crippen molar-refractivity contribution < 1.29 is 8.81 Å². The number of aryl methyl sites for hydroxylation is 1. The number of halogens is 1. The number of nitrogens with zero attached hydrogens (tertiary/aromatic N) is 6. The summed E-state index contributed by atoms with van der Waals surface area (Å²) in [6.45, 7) is 4.63. The molecule has 7 nitrogen and oxygen atoms in total. The lowest BCUT2D eigenvalue weighted by atomic mass is 10.1. The summed E-state index contributed by atoms with van der Waals surface area (Å²) in [5.74, 6) is 2.18. The lowest BCUT2D eigenvalue weighted by molar-refractivity contribution is 0.214. The SMILES string of the molecule is Cc1nnc(CSc2nnc(CN3CCCCC3)n2-c2ccc(F)cc2)o1. The van der Waals surface area contributed by atoms with Crippen LogP contribution in [0.2, 0.25) is 0 Å². The van der Waals surface area contributed by atoms with Gasteiger partial charge in [0.1, 0.15) is 5.82 Å². The molecule has 0 N–H and O–H groups in total. The molecule has 0 spiro atoms. The van der Waals surface area contributed by atoms with Crippen LogP contribution in [0.5, 0.6) is 0 Å². The van der Waals surface area contributed by atoms with Gasteiger partial charge in [-0.05, 0) is 50.2 Å². The van der Waals surface area contributed by atoms with E-state index in [0.29, 0.717) is 17.5 Å². The molecule has 0 atom stereocenters. The number of hydrogen-bond donors (Lipinski definition) is 0. The molecular formula is C18H21FN6OS. The topological polar surface area (TPSA) is 72.9 Å². The van der Waals surface area contributed by atoms with Gasteiger partial charge in [-0.3, -0.25) is 9.47 Å². The maximum atomic E-state index is 13.4. The lowest BCUT2D eigenvalue weighted by Gasteiger charge is -2.26.